The van der Waals surface area contributed by atoms with E-state index >= 15 is 0 Å². The first-order valence-corrected chi connectivity index (χ1v) is 30.0. The van der Waals surface area contributed by atoms with Crippen LogP contribution < -0.4 is 0 Å². The third-order valence-corrected chi connectivity index (χ3v) is 12.7. The predicted octanol–water partition coefficient (Wildman–Crippen LogP) is 16.7. The van der Waals surface area contributed by atoms with Crippen molar-refractivity contribution in [2.45, 2.75) is 251 Å². The number of aliphatic hydroxyl groups excluding tert-OH is 1. The third-order valence-electron chi connectivity index (χ3n) is 11.8. The summed E-state index contributed by atoms with van der Waals surface area (Å²) in [6.07, 6.45) is 61.1. The van der Waals surface area contributed by atoms with Crippen LogP contribution in [0.25, 0.3) is 0 Å². The minimum atomic E-state index is -4.76. The van der Waals surface area contributed by atoms with Gasteiger partial charge in [-0.3, -0.25) is 23.4 Å². The largest absolute Gasteiger partial charge is 0.472 e. The first kappa shape index (κ1) is 68.7. The number of hydrogen-bond acceptors (Lipinski definition) is 10. The van der Waals surface area contributed by atoms with Crippen LogP contribution in [0.5, 0.6) is 0 Å². The zero-order valence-electron chi connectivity index (χ0n) is 45.6. The standard InChI is InChI=1S/C60H103O11P/c1-4-7-10-13-16-19-22-25-26-27-28-29-30-33-34-37-40-43-46-49-58(62)67-53-57(71-60(64)51-48-45-42-39-36-32-24-21-18-15-12-9-6-3)55-69-72(65,66)68-54-56(52-61)70-59(63)50-47-44-41-38-35-31-23-20-17-14-11-8-5-2/h7,10,12,15-16,19-21,23-26,28-29,56-57,61H,4-6,8-9,11,13-14,17-18,22,27,30-55H2,1-3H3,(H,65,66)/b10-7-,15-12-,19-16-,23-20-,24-21-,26-25-,29-28-. The molecule has 0 aromatic rings. The molecule has 3 unspecified atom stereocenters. The first-order valence-electron chi connectivity index (χ1n) is 28.5. The average Bonchev–Trinajstić information content (AvgIpc) is 3.37. The van der Waals surface area contributed by atoms with Crippen molar-refractivity contribution >= 4 is 25.7 Å². The second-order valence-corrected chi connectivity index (χ2v) is 20.2. The number of aliphatic hydroxyl groups is 1. The van der Waals surface area contributed by atoms with Crippen molar-refractivity contribution in [3.63, 3.8) is 0 Å². The van der Waals surface area contributed by atoms with Gasteiger partial charge in [-0.15, -0.1) is 0 Å². The van der Waals surface area contributed by atoms with Crippen LogP contribution in [0.3, 0.4) is 0 Å². The summed E-state index contributed by atoms with van der Waals surface area (Å²) in [5.74, 6) is -1.51. The Morgan fingerprint density at radius 2 is 0.750 bits per heavy atom. The number of carbonyl (C=O) groups excluding carboxylic acids is 3. The van der Waals surface area contributed by atoms with Crippen molar-refractivity contribution in [2.24, 2.45) is 0 Å². The fourth-order valence-electron chi connectivity index (χ4n) is 7.44. The van der Waals surface area contributed by atoms with Gasteiger partial charge in [-0.1, -0.05) is 196 Å². The highest BCUT2D eigenvalue weighted by atomic mass is 31.2. The molecule has 0 heterocycles. The Balaban J connectivity index is 4.75. The molecule has 0 aliphatic rings. The topological polar surface area (TPSA) is 155 Å². The molecule has 0 aliphatic carbocycles. The highest BCUT2D eigenvalue weighted by Crippen LogP contribution is 2.43. The van der Waals surface area contributed by atoms with Crippen LogP contribution in [-0.4, -0.2) is 66.5 Å². The molecule has 0 aromatic carbocycles. The number of ether oxygens (including phenoxy) is 3. The summed E-state index contributed by atoms with van der Waals surface area (Å²) in [7, 11) is -4.76. The van der Waals surface area contributed by atoms with Crippen LogP contribution >= 0.6 is 7.82 Å². The molecule has 0 aliphatic heterocycles. The molecule has 414 valence electrons. The molecule has 0 aromatic heterocycles. The van der Waals surface area contributed by atoms with E-state index in [2.05, 4.69) is 106 Å². The number of hydrogen-bond donors (Lipinski definition) is 2. The molecule has 72 heavy (non-hydrogen) atoms. The summed E-state index contributed by atoms with van der Waals surface area (Å²) < 4.78 is 39.5. The molecule has 0 amide bonds. The highest BCUT2D eigenvalue weighted by molar-refractivity contribution is 7.47. The Bertz CT molecular complexity index is 1530. The minimum Gasteiger partial charge on any atom is -0.462 e. The second-order valence-electron chi connectivity index (χ2n) is 18.7. The van der Waals surface area contributed by atoms with Gasteiger partial charge in [0.25, 0.3) is 0 Å². The van der Waals surface area contributed by atoms with E-state index in [-0.39, 0.29) is 25.9 Å². The van der Waals surface area contributed by atoms with Crippen molar-refractivity contribution in [1.82, 2.24) is 0 Å². The molecule has 0 saturated carbocycles. The zero-order chi connectivity index (χ0) is 52.7. The van der Waals surface area contributed by atoms with Crippen LogP contribution in [-0.2, 0) is 42.2 Å². The van der Waals surface area contributed by atoms with E-state index in [0.717, 1.165) is 154 Å². The lowest BCUT2D eigenvalue weighted by Gasteiger charge is -2.21. The van der Waals surface area contributed by atoms with Gasteiger partial charge in [0.1, 0.15) is 12.7 Å². The van der Waals surface area contributed by atoms with Gasteiger partial charge in [0, 0.05) is 19.3 Å². The highest BCUT2D eigenvalue weighted by Gasteiger charge is 2.28. The molecule has 0 saturated heterocycles. The van der Waals surface area contributed by atoms with E-state index in [1.807, 2.05) is 0 Å². The van der Waals surface area contributed by atoms with E-state index < -0.39 is 57.8 Å². The van der Waals surface area contributed by atoms with Gasteiger partial charge in [-0.2, -0.15) is 0 Å². The molecular formula is C60H103O11P. The molecule has 0 bridgehead atoms. The summed E-state index contributed by atoms with van der Waals surface area (Å²) >= 11 is 0. The Morgan fingerprint density at radius 3 is 1.18 bits per heavy atom. The van der Waals surface area contributed by atoms with Crippen molar-refractivity contribution in [1.29, 1.82) is 0 Å². The van der Waals surface area contributed by atoms with Crippen LogP contribution in [0.1, 0.15) is 239 Å². The smallest absolute Gasteiger partial charge is 0.462 e. The van der Waals surface area contributed by atoms with Crippen molar-refractivity contribution in [3.8, 4) is 0 Å². The van der Waals surface area contributed by atoms with Gasteiger partial charge in [-0.25, -0.2) is 4.57 Å². The molecule has 0 rings (SSSR count). The number of rotatable bonds is 52. The van der Waals surface area contributed by atoms with Gasteiger partial charge in [0.15, 0.2) is 6.10 Å². The van der Waals surface area contributed by atoms with Crippen LogP contribution in [0.4, 0.5) is 0 Å². The van der Waals surface area contributed by atoms with Crippen LogP contribution in [0, 0.1) is 0 Å². The van der Waals surface area contributed by atoms with Crippen LogP contribution in [0.15, 0.2) is 85.1 Å². The SMILES string of the molecule is CC/C=C\C/C=C\C/C=C\C/C=C\CCCCCCCCC(=O)OCC(COP(=O)(O)OCC(CO)OC(=O)CCCCCCC/C=C\CCCCCC)OC(=O)CCCCCCC/C=C\C/C=C\CCC. The maximum atomic E-state index is 12.9. The molecule has 0 fully saturated rings. The Morgan fingerprint density at radius 1 is 0.403 bits per heavy atom. The third kappa shape index (κ3) is 51.6. The Hall–Kier alpha value is -3.34. The Kier molecular flexibility index (Phi) is 51.4. The van der Waals surface area contributed by atoms with Crippen LogP contribution in [0.2, 0.25) is 0 Å². The zero-order valence-corrected chi connectivity index (χ0v) is 46.5. The normalized spacial score (nSPS) is 14.0. The number of unbranched alkanes of at least 4 members (excludes halogenated alkanes) is 21. The lowest BCUT2D eigenvalue weighted by Crippen LogP contribution is -2.30. The van der Waals surface area contributed by atoms with E-state index in [4.69, 9.17) is 23.3 Å². The summed E-state index contributed by atoms with van der Waals surface area (Å²) in [6.45, 7) is 4.41. The quantitative estimate of drug-likeness (QED) is 0.0197. The number of allylic oxidation sites excluding steroid dienone is 14. The lowest BCUT2D eigenvalue weighted by atomic mass is 10.1. The fraction of sp³-hybridized carbons (Fsp3) is 0.717. The van der Waals surface area contributed by atoms with Crippen molar-refractivity contribution in [3.05, 3.63) is 85.1 Å². The second kappa shape index (κ2) is 53.9. The molecule has 3 atom stereocenters. The minimum absolute atomic E-state index is 0.144. The summed E-state index contributed by atoms with van der Waals surface area (Å²) in [4.78, 5) is 48.5. The van der Waals surface area contributed by atoms with Gasteiger partial charge < -0.3 is 24.2 Å². The van der Waals surface area contributed by atoms with Gasteiger partial charge in [0.2, 0.25) is 0 Å². The number of esters is 3. The summed E-state index contributed by atoms with van der Waals surface area (Å²) in [6, 6.07) is 0. The van der Waals surface area contributed by atoms with Crippen molar-refractivity contribution in [2.75, 3.05) is 26.4 Å². The fourth-order valence-corrected chi connectivity index (χ4v) is 8.22. The maximum Gasteiger partial charge on any atom is 0.472 e. The van der Waals surface area contributed by atoms with Gasteiger partial charge >= 0.3 is 25.7 Å². The monoisotopic (exact) mass is 1030 g/mol. The van der Waals surface area contributed by atoms with Gasteiger partial charge in [-0.05, 0) is 109 Å². The van der Waals surface area contributed by atoms with E-state index in [9.17, 15) is 28.9 Å². The maximum absolute atomic E-state index is 12.9. The predicted molar refractivity (Wildman–Crippen MR) is 298 cm³/mol. The van der Waals surface area contributed by atoms with E-state index in [0.29, 0.717) is 19.3 Å². The summed E-state index contributed by atoms with van der Waals surface area (Å²) in [5.41, 5.74) is 0. The summed E-state index contributed by atoms with van der Waals surface area (Å²) in [5, 5.41) is 9.80. The molecule has 0 radical (unpaired) electrons. The average molecular weight is 1030 g/mol. The molecule has 0 spiro atoms. The Labute approximate surface area is 439 Å². The van der Waals surface area contributed by atoms with Crippen molar-refractivity contribution < 1.29 is 52.2 Å². The first-order chi connectivity index (χ1) is 35.2. The number of phosphoric ester groups is 1. The van der Waals surface area contributed by atoms with E-state index in [1.165, 1.54) is 25.7 Å². The van der Waals surface area contributed by atoms with E-state index in [1.54, 1.807) is 0 Å². The number of carbonyl (C=O) groups is 3. The molecule has 12 heteroatoms. The molecule has 2 N–H and O–H groups in total. The lowest BCUT2D eigenvalue weighted by molar-refractivity contribution is -0.161. The molecule has 11 nitrogen and oxygen atoms in total. The van der Waals surface area contributed by atoms with Gasteiger partial charge in [0.05, 0.1) is 19.8 Å². The molecular weight excluding hydrogens is 928 g/mol. The number of phosphoric acid groups is 1.